The van der Waals surface area contributed by atoms with Crippen LogP contribution >= 0.6 is 0 Å². The summed E-state index contributed by atoms with van der Waals surface area (Å²) in [6, 6.07) is 0.613. The fourth-order valence-electron chi connectivity index (χ4n) is 2.85. The molecule has 1 unspecified atom stereocenters. The smallest absolute Gasteiger partial charge is 0.147 e. The molecular formula is C13H27NO2S. The quantitative estimate of drug-likeness (QED) is 0.682. The topological polar surface area (TPSA) is 46.2 Å². The van der Waals surface area contributed by atoms with Crippen molar-refractivity contribution in [2.24, 2.45) is 5.92 Å². The molecule has 1 aliphatic rings. The SMILES string of the molecule is CCNC(CCCCS(C)(=O)=O)C1CCCC1. The average Bonchev–Trinajstić information content (AvgIpc) is 2.74. The zero-order valence-corrected chi connectivity index (χ0v) is 12.1. The molecule has 0 aliphatic heterocycles. The molecular weight excluding hydrogens is 234 g/mol. The highest BCUT2D eigenvalue weighted by atomic mass is 32.2. The summed E-state index contributed by atoms with van der Waals surface area (Å²) in [5.41, 5.74) is 0. The number of sulfone groups is 1. The van der Waals surface area contributed by atoms with Crippen LogP contribution in [0.3, 0.4) is 0 Å². The molecule has 1 N–H and O–H groups in total. The molecule has 0 radical (unpaired) electrons. The van der Waals surface area contributed by atoms with Gasteiger partial charge in [-0.3, -0.25) is 0 Å². The molecule has 3 nitrogen and oxygen atoms in total. The van der Waals surface area contributed by atoms with Crippen LogP contribution in [0.15, 0.2) is 0 Å². The first-order chi connectivity index (χ1) is 8.03. The summed E-state index contributed by atoms with van der Waals surface area (Å²) in [7, 11) is -2.77. The van der Waals surface area contributed by atoms with Crippen molar-refractivity contribution in [2.75, 3.05) is 18.6 Å². The molecule has 0 aromatic heterocycles. The summed E-state index contributed by atoms with van der Waals surface area (Å²) in [5, 5.41) is 3.57. The highest BCUT2D eigenvalue weighted by Gasteiger charge is 2.23. The molecule has 0 saturated heterocycles. The van der Waals surface area contributed by atoms with Crippen molar-refractivity contribution in [3.63, 3.8) is 0 Å². The van der Waals surface area contributed by atoms with Crippen LogP contribution in [0.1, 0.15) is 51.9 Å². The third-order valence-corrected chi connectivity index (χ3v) is 4.75. The standard InChI is InChI=1S/C13H27NO2S/c1-3-14-13(12-8-4-5-9-12)10-6-7-11-17(2,15)16/h12-14H,3-11H2,1-2H3. The molecule has 4 heteroatoms. The maximum absolute atomic E-state index is 11.0. The molecule has 0 amide bonds. The Kier molecular flexibility index (Phi) is 6.49. The molecule has 1 atom stereocenters. The zero-order chi connectivity index (χ0) is 12.7. The van der Waals surface area contributed by atoms with Crippen molar-refractivity contribution in [3.05, 3.63) is 0 Å². The second-order valence-electron chi connectivity index (χ2n) is 5.33. The van der Waals surface area contributed by atoms with E-state index in [1.165, 1.54) is 31.9 Å². The first-order valence-electron chi connectivity index (χ1n) is 6.94. The van der Waals surface area contributed by atoms with Crippen LogP contribution in [0.5, 0.6) is 0 Å². The largest absolute Gasteiger partial charge is 0.314 e. The van der Waals surface area contributed by atoms with Crippen molar-refractivity contribution in [1.29, 1.82) is 0 Å². The first-order valence-corrected chi connectivity index (χ1v) is 9.00. The van der Waals surface area contributed by atoms with Crippen molar-refractivity contribution < 1.29 is 8.42 Å². The van der Waals surface area contributed by atoms with Crippen molar-refractivity contribution in [2.45, 2.75) is 57.9 Å². The minimum Gasteiger partial charge on any atom is -0.314 e. The Labute approximate surface area is 106 Å². The Hall–Kier alpha value is -0.0900. The molecule has 1 fully saturated rings. The van der Waals surface area contributed by atoms with Gasteiger partial charge in [0.05, 0.1) is 0 Å². The van der Waals surface area contributed by atoms with Gasteiger partial charge in [-0.05, 0) is 38.1 Å². The minimum atomic E-state index is -2.77. The Balaban J connectivity index is 2.24. The molecule has 0 aromatic rings. The lowest BCUT2D eigenvalue weighted by molar-refractivity contribution is 0.339. The van der Waals surface area contributed by atoms with E-state index in [0.717, 1.165) is 31.7 Å². The van der Waals surface area contributed by atoms with Gasteiger partial charge in [0.25, 0.3) is 0 Å². The van der Waals surface area contributed by atoms with Gasteiger partial charge in [-0.25, -0.2) is 8.42 Å². The number of rotatable bonds is 8. The summed E-state index contributed by atoms with van der Waals surface area (Å²) < 4.78 is 22.1. The Morgan fingerprint density at radius 3 is 2.41 bits per heavy atom. The fourth-order valence-corrected chi connectivity index (χ4v) is 3.58. The summed E-state index contributed by atoms with van der Waals surface area (Å²) in [6.45, 7) is 3.17. The van der Waals surface area contributed by atoms with E-state index in [2.05, 4.69) is 12.2 Å². The molecule has 1 aliphatic carbocycles. The van der Waals surface area contributed by atoms with E-state index < -0.39 is 9.84 Å². The van der Waals surface area contributed by atoms with Crippen molar-refractivity contribution in [3.8, 4) is 0 Å². The second-order valence-corrected chi connectivity index (χ2v) is 7.59. The summed E-state index contributed by atoms with van der Waals surface area (Å²) in [5.74, 6) is 1.17. The van der Waals surface area contributed by atoms with E-state index in [4.69, 9.17) is 0 Å². The molecule has 1 saturated carbocycles. The summed E-state index contributed by atoms with van der Waals surface area (Å²) in [6.07, 6.45) is 9.74. The minimum absolute atomic E-state index is 0.344. The second kappa shape index (κ2) is 7.37. The van der Waals surface area contributed by atoms with Crippen LogP contribution in [0.2, 0.25) is 0 Å². The van der Waals surface area contributed by atoms with Gasteiger partial charge in [-0.15, -0.1) is 0 Å². The van der Waals surface area contributed by atoms with E-state index in [1.54, 1.807) is 0 Å². The van der Waals surface area contributed by atoms with Gasteiger partial charge in [0, 0.05) is 18.1 Å². The van der Waals surface area contributed by atoms with E-state index in [-0.39, 0.29) is 0 Å². The molecule has 0 aromatic carbocycles. The number of hydrogen-bond acceptors (Lipinski definition) is 3. The molecule has 102 valence electrons. The van der Waals surface area contributed by atoms with Crippen LogP contribution < -0.4 is 5.32 Å². The normalized spacial score (nSPS) is 19.6. The van der Waals surface area contributed by atoms with Crippen LogP contribution in [0.4, 0.5) is 0 Å². The third kappa shape index (κ3) is 6.41. The summed E-state index contributed by atoms with van der Waals surface area (Å²) in [4.78, 5) is 0. The van der Waals surface area contributed by atoms with E-state index in [9.17, 15) is 8.42 Å². The highest BCUT2D eigenvalue weighted by molar-refractivity contribution is 7.90. The lowest BCUT2D eigenvalue weighted by atomic mass is 9.93. The molecule has 17 heavy (non-hydrogen) atoms. The van der Waals surface area contributed by atoms with Gasteiger partial charge in [-0.2, -0.15) is 0 Å². The number of nitrogens with one attached hydrogen (secondary N) is 1. The third-order valence-electron chi connectivity index (χ3n) is 3.72. The van der Waals surface area contributed by atoms with Gasteiger partial charge in [0.2, 0.25) is 0 Å². The Morgan fingerprint density at radius 2 is 1.88 bits per heavy atom. The molecule has 0 heterocycles. The van der Waals surface area contributed by atoms with Gasteiger partial charge < -0.3 is 5.32 Å². The number of unbranched alkanes of at least 4 members (excludes halogenated alkanes) is 1. The van der Waals surface area contributed by atoms with Crippen molar-refractivity contribution in [1.82, 2.24) is 5.32 Å². The fraction of sp³-hybridized carbons (Fsp3) is 1.00. The average molecular weight is 261 g/mol. The van der Waals surface area contributed by atoms with Crippen LogP contribution in [0, 0.1) is 5.92 Å². The van der Waals surface area contributed by atoms with E-state index in [1.807, 2.05) is 0 Å². The van der Waals surface area contributed by atoms with Gasteiger partial charge in [0.1, 0.15) is 9.84 Å². The predicted octanol–water partition coefficient (Wildman–Crippen LogP) is 2.37. The van der Waals surface area contributed by atoms with Gasteiger partial charge in [0.15, 0.2) is 0 Å². The predicted molar refractivity (Wildman–Crippen MR) is 73.0 cm³/mol. The Morgan fingerprint density at radius 1 is 1.24 bits per heavy atom. The van der Waals surface area contributed by atoms with E-state index in [0.29, 0.717) is 11.8 Å². The molecule has 1 rings (SSSR count). The van der Waals surface area contributed by atoms with Gasteiger partial charge >= 0.3 is 0 Å². The lowest BCUT2D eigenvalue weighted by Crippen LogP contribution is -2.35. The maximum atomic E-state index is 11.0. The van der Waals surface area contributed by atoms with Gasteiger partial charge in [-0.1, -0.05) is 26.2 Å². The summed E-state index contributed by atoms with van der Waals surface area (Å²) >= 11 is 0. The highest BCUT2D eigenvalue weighted by Crippen LogP contribution is 2.29. The van der Waals surface area contributed by atoms with Crippen LogP contribution in [0.25, 0.3) is 0 Å². The van der Waals surface area contributed by atoms with E-state index >= 15 is 0 Å². The van der Waals surface area contributed by atoms with Crippen LogP contribution in [-0.4, -0.2) is 33.0 Å². The number of hydrogen-bond donors (Lipinski definition) is 1. The molecule has 0 bridgehead atoms. The molecule has 0 spiro atoms. The monoisotopic (exact) mass is 261 g/mol. The first kappa shape index (κ1) is 15.0. The lowest BCUT2D eigenvalue weighted by Gasteiger charge is -2.24. The zero-order valence-electron chi connectivity index (χ0n) is 11.2. The maximum Gasteiger partial charge on any atom is 0.147 e. The Bertz CT molecular complexity index is 295. The van der Waals surface area contributed by atoms with Crippen molar-refractivity contribution >= 4 is 9.84 Å². The van der Waals surface area contributed by atoms with Crippen LogP contribution in [-0.2, 0) is 9.84 Å².